The average molecular weight is 347 g/mol. The molecule has 0 spiro atoms. The van der Waals surface area contributed by atoms with E-state index in [0.717, 1.165) is 9.75 Å². The average Bonchev–Trinajstić information content (AvgIpc) is 2.94. The fraction of sp³-hybridized carbons (Fsp3) is 0.421. The van der Waals surface area contributed by atoms with Gasteiger partial charge in [-0.15, -0.1) is 11.3 Å². The largest absolute Gasteiger partial charge is 0.413 e. The highest BCUT2D eigenvalue weighted by molar-refractivity contribution is 7.17. The SMILES string of the molecule is CC(=O)c1ccc(-c2ccccc2CO[Si](C)(C)C(C)(C)C)s1. The predicted octanol–water partition coefficient (Wildman–Crippen LogP) is 6.14. The van der Waals surface area contributed by atoms with Gasteiger partial charge < -0.3 is 4.43 Å². The van der Waals surface area contributed by atoms with E-state index in [0.29, 0.717) is 6.61 Å². The second kappa shape index (κ2) is 6.71. The quantitative estimate of drug-likeness (QED) is 0.480. The van der Waals surface area contributed by atoms with Crippen LogP contribution >= 0.6 is 11.3 Å². The van der Waals surface area contributed by atoms with Gasteiger partial charge in [0.15, 0.2) is 14.1 Å². The number of rotatable bonds is 5. The first-order valence-corrected chi connectivity index (χ1v) is 11.7. The molecule has 0 amide bonds. The van der Waals surface area contributed by atoms with Gasteiger partial charge in [-0.2, -0.15) is 0 Å². The van der Waals surface area contributed by atoms with E-state index in [9.17, 15) is 4.79 Å². The summed E-state index contributed by atoms with van der Waals surface area (Å²) in [6.07, 6.45) is 0. The van der Waals surface area contributed by atoms with E-state index < -0.39 is 8.32 Å². The van der Waals surface area contributed by atoms with Crippen LogP contribution in [0.5, 0.6) is 0 Å². The molecule has 0 aliphatic rings. The Bertz CT molecular complexity index is 695. The summed E-state index contributed by atoms with van der Waals surface area (Å²) in [5, 5.41) is 0.201. The molecule has 124 valence electrons. The molecule has 0 N–H and O–H groups in total. The number of hydrogen-bond acceptors (Lipinski definition) is 3. The molecule has 23 heavy (non-hydrogen) atoms. The van der Waals surface area contributed by atoms with Crippen LogP contribution in [0.15, 0.2) is 36.4 Å². The molecule has 0 bridgehead atoms. The van der Waals surface area contributed by atoms with Gasteiger partial charge in [0.25, 0.3) is 0 Å². The molecule has 1 heterocycles. The summed E-state index contributed by atoms with van der Waals surface area (Å²) < 4.78 is 6.37. The van der Waals surface area contributed by atoms with E-state index >= 15 is 0 Å². The van der Waals surface area contributed by atoms with Crippen molar-refractivity contribution < 1.29 is 9.22 Å². The Balaban J connectivity index is 2.26. The molecule has 2 aromatic rings. The van der Waals surface area contributed by atoms with E-state index in [4.69, 9.17) is 4.43 Å². The van der Waals surface area contributed by atoms with Crippen molar-refractivity contribution in [2.24, 2.45) is 0 Å². The molecule has 1 aromatic carbocycles. The number of hydrogen-bond donors (Lipinski definition) is 0. The number of ketones is 1. The highest BCUT2D eigenvalue weighted by Crippen LogP contribution is 2.38. The first-order chi connectivity index (χ1) is 10.6. The molecule has 2 nitrogen and oxygen atoms in total. The summed E-state index contributed by atoms with van der Waals surface area (Å²) in [7, 11) is -1.77. The molecule has 0 atom stereocenters. The lowest BCUT2D eigenvalue weighted by atomic mass is 10.1. The molecular formula is C19H26O2SSi. The van der Waals surface area contributed by atoms with Crippen molar-refractivity contribution in [3.8, 4) is 10.4 Å². The van der Waals surface area contributed by atoms with Crippen LogP contribution in [0, 0.1) is 0 Å². The Morgan fingerprint density at radius 1 is 1.13 bits per heavy atom. The van der Waals surface area contributed by atoms with Gasteiger partial charge in [0.1, 0.15) is 0 Å². The number of thiophene rings is 1. The van der Waals surface area contributed by atoms with Gasteiger partial charge in [-0.3, -0.25) is 4.79 Å². The van der Waals surface area contributed by atoms with Gasteiger partial charge in [-0.25, -0.2) is 0 Å². The standard InChI is InChI=1S/C19H26O2SSi/c1-14(20)17-11-12-18(22-17)16-10-8-7-9-15(16)13-21-23(5,6)19(2,3)4/h7-12H,13H2,1-6H3. The third kappa shape index (κ3) is 4.19. The molecule has 4 heteroatoms. The Hall–Kier alpha value is -1.23. The summed E-state index contributed by atoms with van der Waals surface area (Å²) in [5.41, 5.74) is 2.36. The summed E-state index contributed by atoms with van der Waals surface area (Å²) >= 11 is 1.55. The smallest absolute Gasteiger partial charge is 0.192 e. The molecular weight excluding hydrogens is 320 g/mol. The van der Waals surface area contributed by atoms with Crippen LogP contribution < -0.4 is 0 Å². The van der Waals surface area contributed by atoms with Crippen LogP contribution in [0.1, 0.15) is 42.9 Å². The van der Waals surface area contributed by atoms with Crippen molar-refractivity contribution in [2.45, 2.75) is 52.4 Å². The lowest BCUT2D eigenvalue weighted by Gasteiger charge is -2.36. The van der Waals surface area contributed by atoms with Crippen molar-refractivity contribution in [1.29, 1.82) is 0 Å². The Labute approximate surface area is 144 Å². The zero-order valence-corrected chi connectivity index (χ0v) is 16.7. The Morgan fingerprint density at radius 3 is 2.35 bits per heavy atom. The minimum atomic E-state index is -1.77. The van der Waals surface area contributed by atoms with Crippen molar-refractivity contribution in [2.75, 3.05) is 0 Å². The third-order valence-corrected chi connectivity index (χ3v) is 10.3. The molecule has 0 radical (unpaired) electrons. The van der Waals surface area contributed by atoms with Crippen molar-refractivity contribution in [3.05, 3.63) is 46.8 Å². The normalized spacial score (nSPS) is 12.4. The fourth-order valence-corrected chi connectivity index (χ4v) is 3.94. The molecule has 0 saturated heterocycles. The molecule has 2 rings (SSSR count). The second-order valence-corrected chi connectivity index (χ2v) is 13.3. The van der Waals surface area contributed by atoms with Crippen LogP contribution in [-0.4, -0.2) is 14.1 Å². The van der Waals surface area contributed by atoms with E-state index in [-0.39, 0.29) is 10.8 Å². The van der Waals surface area contributed by atoms with Crippen LogP contribution in [0.4, 0.5) is 0 Å². The lowest BCUT2D eigenvalue weighted by molar-refractivity contribution is 0.102. The fourth-order valence-electron chi connectivity index (χ4n) is 2.03. The summed E-state index contributed by atoms with van der Waals surface area (Å²) in [6, 6.07) is 12.3. The maximum atomic E-state index is 11.5. The summed E-state index contributed by atoms with van der Waals surface area (Å²) in [5.74, 6) is 0.122. The van der Waals surface area contributed by atoms with Gasteiger partial charge in [-0.1, -0.05) is 45.0 Å². The van der Waals surface area contributed by atoms with E-state index in [2.05, 4.69) is 46.0 Å². The highest BCUT2D eigenvalue weighted by atomic mass is 32.1. The number of benzene rings is 1. The van der Waals surface area contributed by atoms with Crippen LogP contribution in [0.2, 0.25) is 18.1 Å². The third-order valence-electron chi connectivity index (χ3n) is 4.63. The van der Waals surface area contributed by atoms with Gasteiger partial charge >= 0.3 is 0 Å². The lowest BCUT2D eigenvalue weighted by Crippen LogP contribution is -2.40. The second-order valence-electron chi connectivity index (χ2n) is 7.43. The van der Waals surface area contributed by atoms with E-state index in [1.807, 2.05) is 24.3 Å². The maximum absolute atomic E-state index is 11.5. The molecule has 0 aliphatic carbocycles. The van der Waals surface area contributed by atoms with E-state index in [1.165, 1.54) is 11.1 Å². The molecule has 1 aromatic heterocycles. The number of carbonyl (C=O) groups is 1. The number of carbonyl (C=O) groups excluding carboxylic acids is 1. The van der Waals surface area contributed by atoms with E-state index in [1.54, 1.807) is 18.3 Å². The topological polar surface area (TPSA) is 26.3 Å². The number of Topliss-reactive ketones (excluding diaryl/α,β-unsaturated/α-hetero) is 1. The maximum Gasteiger partial charge on any atom is 0.192 e. The predicted molar refractivity (Wildman–Crippen MR) is 102 cm³/mol. The molecule has 0 fully saturated rings. The van der Waals surface area contributed by atoms with Crippen LogP contribution in [-0.2, 0) is 11.0 Å². The van der Waals surface area contributed by atoms with Gasteiger partial charge in [-0.05, 0) is 48.3 Å². The zero-order valence-electron chi connectivity index (χ0n) is 14.9. The highest BCUT2D eigenvalue weighted by Gasteiger charge is 2.37. The Kier molecular flexibility index (Phi) is 5.29. The molecule has 0 unspecified atom stereocenters. The van der Waals surface area contributed by atoms with Crippen molar-refractivity contribution in [1.82, 2.24) is 0 Å². The van der Waals surface area contributed by atoms with Crippen LogP contribution in [0.3, 0.4) is 0 Å². The summed E-state index contributed by atoms with van der Waals surface area (Å²) in [6.45, 7) is 13.5. The van der Waals surface area contributed by atoms with Crippen molar-refractivity contribution >= 4 is 25.4 Å². The van der Waals surface area contributed by atoms with Gasteiger partial charge in [0.2, 0.25) is 0 Å². The zero-order chi connectivity index (χ0) is 17.3. The first-order valence-electron chi connectivity index (χ1n) is 7.95. The first kappa shape index (κ1) is 18.1. The minimum absolute atomic E-state index is 0.122. The molecule has 0 saturated carbocycles. The monoisotopic (exact) mass is 346 g/mol. The van der Waals surface area contributed by atoms with Gasteiger partial charge in [0.05, 0.1) is 11.5 Å². The molecule has 0 aliphatic heterocycles. The Morgan fingerprint density at radius 2 is 1.78 bits per heavy atom. The van der Waals surface area contributed by atoms with Gasteiger partial charge in [0, 0.05) is 4.88 Å². The minimum Gasteiger partial charge on any atom is -0.413 e. The van der Waals surface area contributed by atoms with Crippen molar-refractivity contribution in [3.63, 3.8) is 0 Å². The summed E-state index contributed by atoms with van der Waals surface area (Å²) in [4.78, 5) is 13.5. The van der Waals surface area contributed by atoms with Crippen LogP contribution in [0.25, 0.3) is 10.4 Å².